The predicted octanol–water partition coefficient (Wildman–Crippen LogP) is 4.25. The van der Waals surface area contributed by atoms with E-state index in [1.54, 1.807) is 24.3 Å². The molecule has 0 bridgehead atoms. The third kappa shape index (κ3) is 7.04. The molecule has 2 rings (SSSR count). The SMILES string of the molecule is Cc1ccc(C)c(NC(=O)CCCC(=O)OCC(=O)Nc2ccccc2Cl)c1. The molecule has 0 spiro atoms. The molecular formula is C21H23ClN2O4. The van der Waals surface area contributed by atoms with Gasteiger partial charge in [-0.2, -0.15) is 0 Å². The summed E-state index contributed by atoms with van der Waals surface area (Å²) in [7, 11) is 0. The molecule has 0 radical (unpaired) electrons. The number of para-hydroxylation sites is 1. The van der Waals surface area contributed by atoms with E-state index in [0.29, 0.717) is 17.1 Å². The highest BCUT2D eigenvalue weighted by atomic mass is 35.5. The van der Waals surface area contributed by atoms with Crippen LogP contribution >= 0.6 is 11.6 Å². The molecule has 0 aromatic heterocycles. The Bertz CT molecular complexity index is 867. The number of amides is 2. The molecule has 2 aromatic carbocycles. The van der Waals surface area contributed by atoms with Crippen LogP contribution in [0.5, 0.6) is 0 Å². The number of anilines is 2. The van der Waals surface area contributed by atoms with Crippen LogP contribution in [0.2, 0.25) is 5.02 Å². The second-order valence-corrected chi connectivity index (χ2v) is 6.82. The molecule has 148 valence electrons. The molecule has 0 saturated heterocycles. The Morgan fingerprint density at radius 2 is 1.64 bits per heavy atom. The first kappa shape index (κ1) is 21.4. The molecule has 2 amide bonds. The number of esters is 1. The van der Waals surface area contributed by atoms with Crippen molar-refractivity contribution in [1.29, 1.82) is 0 Å². The summed E-state index contributed by atoms with van der Waals surface area (Å²) in [6.45, 7) is 3.46. The smallest absolute Gasteiger partial charge is 0.306 e. The van der Waals surface area contributed by atoms with E-state index in [9.17, 15) is 14.4 Å². The van der Waals surface area contributed by atoms with Crippen molar-refractivity contribution >= 4 is 40.8 Å². The molecule has 2 aromatic rings. The van der Waals surface area contributed by atoms with Gasteiger partial charge in [-0.25, -0.2) is 0 Å². The standard InChI is InChI=1S/C21H23ClN2O4/c1-14-10-11-15(2)18(12-14)24-19(25)8-5-9-21(27)28-13-20(26)23-17-7-4-3-6-16(17)22/h3-4,6-7,10-12H,5,8-9,13H2,1-2H3,(H,23,26)(H,24,25). The number of aryl methyl sites for hydroxylation is 2. The van der Waals surface area contributed by atoms with Crippen LogP contribution in [0.3, 0.4) is 0 Å². The third-order valence-electron chi connectivity index (χ3n) is 3.96. The van der Waals surface area contributed by atoms with Crippen molar-refractivity contribution < 1.29 is 19.1 Å². The van der Waals surface area contributed by atoms with Crippen molar-refractivity contribution in [3.63, 3.8) is 0 Å². The average molecular weight is 403 g/mol. The lowest BCUT2D eigenvalue weighted by atomic mass is 10.1. The molecule has 0 aliphatic heterocycles. The van der Waals surface area contributed by atoms with Crippen LogP contribution in [0.15, 0.2) is 42.5 Å². The normalized spacial score (nSPS) is 10.2. The summed E-state index contributed by atoms with van der Waals surface area (Å²) in [6, 6.07) is 12.6. The summed E-state index contributed by atoms with van der Waals surface area (Å²) in [4.78, 5) is 35.6. The minimum Gasteiger partial charge on any atom is -0.456 e. The predicted molar refractivity (Wildman–Crippen MR) is 109 cm³/mol. The van der Waals surface area contributed by atoms with Crippen LogP contribution in [-0.4, -0.2) is 24.4 Å². The fourth-order valence-electron chi connectivity index (χ4n) is 2.44. The average Bonchev–Trinajstić information content (AvgIpc) is 2.65. The van der Waals surface area contributed by atoms with Crippen molar-refractivity contribution in [1.82, 2.24) is 0 Å². The van der Waals surface area contributed by atoms with Crippen LogP contribution in [0.4, 0.5) is 11.4 Å². The van der Waals surface area contributed by atoms with Crippen LogP contribution < -0.4 is 10.6 Å². The summed E-state index contributed by atoms with van der Waals surface area (Å²) >= 11 is 5.95. The number of hydrogen-bond acceptors (Lipinski definition) is 4. The van der Waals surface area contributed by atoms with Gasteiger partial charge in [0.25, 0.3) is 5.91 Å². The van der Waals surface area contributed by atoms with Gasteiger partial charge in [-0.05, 0) is 49.6 Å². The first-order valence-corrected chi connectivity index (χ1v) is 9.30. The van der Waals surface area contributed by atoms with Crippen molar-refractivity contribution in [2.45, 2.75) is 33.1 Å². The largest absolute Gasteiger partial charge is 0.456 e. The van der Waals surface area contributed by atoms with Gasteiger partial charge >= 0.3 is 5.97 Å². The number of nitrogens with one attached hydrogen (secondary N) is 2. The summed E-state index contributed by atoms with van der Waals surface area (Å²) in [5.41, 5.74) is 3.25. The maximum absolute atomic E-state index is 12.0. The number of hydrogen-bond donors (Lipinski definition) is 2. The lowest BCUT2D eigenvalue weighted by Gasteiger charge is -2.09. The molecule has 0 aliphatic carbocycles. The Morgan fingerprint density at radius 1 is 0.929 bits per heavy atom. The molecule has 0 saturated carbocycles. The van der Waals surface area contributed by atoms with Gasteiger partial charge in [0.05, 0.1) is 10.7 Å². The van der Waals surface area contributed by atoms with E-state index in [2.05, 4.69) is 10.6 Å². The lowest BCUT2D eigenvalue weighted by Crippen LogP contribution is -2.21. The van der Waals surface area contributed by atoms with Gasteiger partial charge in [-0.1, -0.05) is 35.9 Å². The Morgan fingerprint density at radius 3 is 2.39 bits per heavy atom. The summed E-state index contributed by atoms with van der Waals surface area (Å²) in [5.74, 6) is -1.18. The molecule has 2 N–H and O–H groups in total. The molecule has 0 atom stereocenters. The fourth-order valence-corrected chi connectivity index (χ4v) is 2.63. The van der Waals surface area contributed by atoms with Gasteiger partial charge in [0.15, 0.2) is 6.61 Å². The van der Waals surface area contributed by atoms with Crippen LogP contribution in [0, 0.1) is 13.8 Å². The molecular weight excluding hydrogens is 380 g/mol. The number of carbonyl (C=O) groups excluding carboxylic acids is 3. The van der Waals surface area contributed by atoms with E-state index in [4.69, 9.17) is 16.3 Å². The second kappa shape index (κ2) is 10.5. The maximum Gasteiger partial charge on any atom is 0.306 e. The highest BCUT2D eigenvalue weighted by Gasteiger charge is 2.11. The topological polar surface area (TPSA) is 84.5 Å². The molecule has 0 aliphatic rings. The Hall–Kier alpha value is -2.86. The Labute approximate surface area is 169 Å². The van der Waals surface area contributed by atoms with Crippen LogP contribution in [0.25, 0.3) is 0 Å². The van der Waals surface area contributed by atoms with Gasteiger partial charge in [-0.15, -0.1) is 0 Å². The highest BCUT2D eigenvalue weighted by molar-refractivity contribution is 6.33. The molecule has 0 fully saturated rings. The van der Waals surface area contributed by atoms with Crippen molar-refractivity contribution in [2.24, 2.45) is 0 Å². The fraction of sp³-hybridized carbons (Fsp3) is 0.286. The van der Waals surface area contributed by atoms with Crippen LogP contribution in [0.1, 0.15) is 30.4 Å². The van der Waals surface area contributed by atoms with Gasteiger partial charge in [0.2, 0.25) is 5.91 Å². The number of carbonyl (C=O) groups is 3. The number of rotatable bonds is 8. The number of halogens is 1. The monoisotopic (exact) mass is 402 g/mol. The molecule has 28 heavy (non-hydrogen) atoms. The lowest BCUT2D eigenvalue weighted by molar-refractivity contribution is -0.147. The van der Waals surface area contributed by atoms with E-state index in [-0.39, 0.29) is 18.7 Å². The van der Waals surface area contributed by atoms with Gasteiger partial charge in [-0.3, -0.25) is 14.4 Å². The number of benzene rings is 2. The summed E-state index contributed by atoms with van der Waals surface area (Å²) in [6.07, 6.45) is 0.579. The van der Waals surface area contributed by atoms with Crippen molar-refractivity contribution in [3.8, 4) is 0 Å². The highest BCUT2D eigenvalue weighted by Crippen LogP contribution is 2.20. The first-order valence-electron chi connectivity index (χ1n) is 8.92. The molecule has 0 unspecified atom stereocenters. The van der Waals surface area contributed by atoms with E-state index in [0.717, 1.165) is 16.8 Å². The Kier molecular flexibility index (Phi) is 8.02. The quantitative estimate of drug-likeness (QED) is 0.646. The zero-order valence-corrected chi connectivity index (χ0v) is 16.6. The van der Waals surface area contributed by atoms with E-state index in [1.807, 2.05) is 32.0 Å². The zero-order valence-electron chi connectivity index (χ0n) is 15.9. The summed E-state index contributed by atoms with van der Waals surface area (Å²) in [5, 5.41) is 5.80. The van der Waals surface area contributed by atoms with E-state index >= 15 is 0 Å². The second-order valence-electron chi connectivity index (χ2n) is 6.41. The first-order chi connectivity index (χ1) is 13.3. The summed E-state index contributed by atoms with van der Waals surface area (Å²) < 4.78 is 4.93. The minimum atomic E-state index is -0.533. The van der Waals surface area contributed by atoms with Gasteiger partial charge in [0.1, 0.15) is 0 Å². The Balaban J connectivity index is 1.67. The molecule has 0 heterocycles. The van der Waals surface area contributed by atoms with E-state index < -0.39 is 18.5 Å². The molecule has 6 nitrogen and oxygen atoms in total. The minimum absolute atomic E-state index is 0.0552. The number of ether oxygens (including phenoxy) is 1. The van der Waals surface area contributed by atoms with Gasteiger partial charge in [0, 0.05) is 18.5 Å². The molecule has 7 heteroatoms. The van der Waals surface area contributed by atoms with Crippen molar-refractivity contribution in [3.05, 3.63) is 58.6 Å². The van der Waals surface area contributed by atoms with Crippen LogP contribution in [-0.2, 0) is 19.1 Å². The zero-order chi connectivity index (χ0) is 20.5. The third-order valence-corrected chi connectivity index (χ3v) is 4.29. The van der Waals surface area contributed by atoms with E-state index in [1.165, 1.54) is 0 Å². The maximum atomic E-state index is 12.0. The van der Waals surface area contributed by atoms with Gasteiger partial charge < -0.3 is 15.4 Å². The van der Waals surface area contributed by atoms with Crippen molar-refractivity contribution in [2.75, 3.05) is 17.2 Å².